The maximum atomic E-state index is 8.49. The summed E-state index contributed by atoms with van der Waals surface area (Å²) in [5.74, 6) is 0. The van der Waals surface area contributed by atoms with Crippen LogP contribution in [0.15, 0.2) is 48.5 Å². The Labute approximate surface area is 212 Å². The summed E-state index contributed by atoms with van der Waals surface area (Å²) in [7, 11) is -2.76. The fourth-order valence-corrected chi connectivity index (χ4v) is 4.49. The summed E-state index contributed by atoms with van der Waals surface area (Å²) in [6.07, 6.45) is 9.56. The van der Waals surface area contributed by atoms with E-state index in [1.807, 2.05) is 0 Å². The molecule has 0 fully saturated rings. The Balaban J connectivity index is 0.000000784. The average molecular weight is 503 g/mol. The number of rotatable bonds is 9. The van der Waals surface area contributed by atoms with Gasteiger partial charge in [-0.1, -0.05) is 50.5 Å². The van der Waals surface area contributed by atoms with Crippen molar-refractivity contribution in [1.82, 2.24) is 0 Å². The highest BCUT2D eigenvalue weighted by molar-refractivity contribution is 6.05. The van der Waals surface area contributed by atoms with E-state index in [0.29, 0.717) is 0 Å². The first-order chi connectivity index (χ1) is 16.4. The molecule has 0 unspecified atom stereocenters. The summed E-state index contributed by atoms with van der Waals surface area (Å²) >= 11 is 0. The Morgan fingerprint density at radius 3 is 1.94 bits per heavy atom. The number of fused-ring (bicyclic) bond motifs is 1. The summed E-state index contributed by atoms with van der Waals surface area (Å²) in [4.78, 5) is 2.54. The molecule has 0 N–H and O–H groups in total. The zero-order valence-electron chi connectivity index (χ0n) is 21.8. The predicted octanol–water partition coefficient (Wildman–Crippen LogP) is 2.37. The maximum absolute atomic E-state index is 8.49. The van der Waals surface area contributed by atoms with Gasteiger partial charge < -0.3 is 4.90 Å². The van der Waals surface area contributed by atoms with E-state index < -0.39 is 10.2 Å². The Morgan fingerprint density at radius 1 is 0.886 bits per heavy atom. The molecule has 0 amide bonds. The normalized spacial score (nSPS) is 14.7. The Morgan fingerprint density at radius 2 is 1.43 bits per heavy atom. The van der Waals surface area contributed by atoms with Crippen LogP contribution >= 0.6 is 0 Å². The molecular formula is C28H39ClN2O4. The van der Waals surface area contributed by atoms with Crippen LogP contribution in [0, 0.1) is 17.2 Å². The number of benzene rings is 2. The minimum atomic E-state index is -4.94. The van der Waals surface area contributed by atoms with Gasteiger partial charge in [0, 0.05) is 36.5 Å². The second-order valence-corrected chi connectivity index (χ2v) is 10.3. The van der Waals surface area contributed by atoms with Crippen LogP contribution in [0.3, 0.4) is 0 Å². The molecule has 0 atom stereocenters. The van der Waals surface area contributed by atoms with Crippen molar-refractivity contribution in [1.29, 1.82) is 0 Å². The summed E-state index contributed by atoms with van der Waals surface area (Å²) < 4.78 is 36.3. The molecule has 6 nitrogen and oxygen atoms in total. The molecule has 3 rings (SSSR count). The third-order valence-electron chi connectivity index (χ3n) is 6.44. The largest absolute Gasteiger partial charge is 0.372 e. The van der Waals surface area contributed by atoms with Crippen molar-refractivity contribution < 1.29 is 33.5 Å². The highest BCUT2D eigenvalue weighted by atomic mass is 35.7. The van der Waals surface area contributed by atoms with Crippen molar-refractivity contribution in [3.63, 3.8) is 0 Å². The molecule has 0 radical (unpaired) electrons. The lowest BCUT2D eigenvalue weighted by atomic mass is 9.81. The van der Waals surface area contributed by atoms with Gasteiger partial charge in [-0.25, -0.2) is 18.6 Å². The van der Waals surface area contributed by atoms with Crippen molar-refractivity contribution in [2.75, 3.05) is 25.0 Å². The Kier molecular flexibility index (Phi) is 10.5. The number of hydrogen-bond acceptors (Lipinski definition) is 5. The van der Waals surface area contributed by atoms with Gasteiger partial charge in [0.1, 0.15) is 7.05 Å². The molecule has 0 aromatic heterocycles. The monoisotopic (exact) mass is 502 g/mol. The number of aryl methyl sites for hydroxylation is 1. The fraction of sp³-hybridized carbons (Fsp3) is 0.464. The van der Waals surface area contributed by atoms with Crippen molar-refractivity contribution in [3.8, 4) is 0 Å². The molecule has 0 aliphatic carbocycles. The minimum absolute atomic E-state index is 0.0175. The van der Waals surface area contributed by atoms with Gasteiger partial charge in [-0.15, -0.1) is 10.2 Å². The van der Waals surface area contributed by atoms with Gasteiger partial charge in [-0.2, -0.15) is 4.58 Å². The average Bonchev–Trinajstić information content (AvgIpc) is 2.96. The summed E-state index contributed by atoms with van der Waals surface area (Å²) in [6, 6.07) is 15.9. The lowest BCUT2D eigenvalue weighted by Gasteiger charge is -2.24. The third kappa shape index (κ3) is 8.44. The number of anilines is 1. The Bertz CT molecular complexity index is 1010. The van der Waals surface area contributed by atoms with Gasteiger partial charge in [-0.05, 0) is 63.5 Å². The first-order valence-corrected chi connectivity index (χ1v) is 13.5. The molecule has 2 aromatic carbocycles. The molecule has 7 heteroatoms. The number of unbranched alkanes of at least 4 members (excludes halogenated alkanes) is 2. The zero-order chi connectivity index (χ0) is 26.2. The van der Waals surface area contributed by atoms with E-state index in [2.05, 4.69) is 106 Å². The van der Waals surface area contributed by atoms with Gasteiger partial charge in [0.2, 0.25) is 5.69 Å². The number of allylic oxidation sites excluding steroid dienone is 1. The molecule has 2 aromatic rings. The molecule has 1 aliphatic heterocycles. The van der Waals surface area contributed by atoms with Crippen molar-refractivity contribution >= 4 is 23.2 Å². The van der Waals surface area contributed by atoms with Crippen LogP contribution in [0.5, 0.6) is 0 Å². The Hall–Kier alpha value is -2.22. The standard InChI is InChI=1S/C28H39N2.ClHO4/c1-7-9-19-30(20-10-8-2)24-15-12-23(13-16-24)14-18-27-28(4,5)25-21-22(3)11-17-26(25)29(27)6;2-1(3,4)5/h11-18,21H,7-10,19-20H2,1-6H3;(H,2,3,4,5)/q+1;/p-1. The lowest BCUT2D eigenvalue weighted by Crippen LogP contribution is -2.68. The second kappa shape index (κ2) is 12.7. The quantitative estimate of drug-likeness (QED) is 0.490. The van der Waals surface area contributed by atoms with E-state index in [4.69, 9.17) is 18.6 Å². The fourth-order valence-electron chi connectivity index (χ4n) is 4.49. The molecule has 0 bridgehead atoms. The van der Waals surface area contributed by atoms with Crippen LogP contribution in [0.25, 0.3) is 6.08 Å². The topological polar surface area (TPSA) is 98.5 Å². The SMILES string of the molecule is CCCCN(CCCC)c1ccc(C=CC2=[N+](C)c3ccc(C)cc3C2(C)C)cc1.[O-][Cl+3]([O-])([O-])[O-]. The summed E-state index contributed by atoms with van der Waals surface area (Å²) in [6.45, 7) is 13.7. The predicted molar refractivity (Wildman–Crippen MR) is 133 cm³/mol. The summed E-state index contributed by atoms with van der Waals surface area (Å²) in [5, 5.41) is 0. The number of halogens is 1. The van der Waals surface area contributed by atoms with Gasteiger partial charge in [0.05, 0.1) is 5.41 Å². The van der Waals surface area contributed by atoms with E-state index in [1.54, 1.807) is 0 Å². The molecule has 0 saturated heterocycles. The van der Waals surface area contributed by atoms with Crippen LogP contribution in [0.2, 0.25) is 0 Å². The van der Waals surface area contributed by atoms with E-state index in [-0.39, 0.29) is 5.41 Å². The second-order valence-electron chi connectivity index (χ2n) is 9.59. The maximum Gasteiger partial charge on any atom is 0.209 e. The van der Waals surface area contributed by atoms with E-state index in [9.17, 15) is 0 Å². The van der Waals surface area contributed by atoms with E-state index in [0.717, 1.165) is 13.1 Å². The lowest BCUT2D eigenvalue weighted by molar-refractivity contribution is -2.00. The smallest absolute Gasteiger partial charge is 0.209 e. The third-order valence-corrected chi connectivity index (χ3v) is 6.44. The van der Waals surface area contributed by atoms with Gasteiger partial charge in [-0.3, -0.25) is 0 Å². The molecule has 0 spiro atoms. The van der Waals surface area contributed by atoms with Crippen LogP contribution in [-0.2, 0) is 5.41 Å². The summed E-state index contributed by atoms with van der Waals surface area (Å²) in [5.41, 5.74) is 8.04. The van der Waals surface area contributed by atoms with E-state index in [1.165, 1.54) is 59.5 Å². The molecule has 0 saturated carbocycles. The van der Waals surface area contributed by atoms with Crippen LogP contribution in [0.4, 0.5) is 11.4 Å². The highest BCUT2D eigenvalue weighted by Crippen LogP contribution is 2.39. The van der Waals surface area contributed by atoms with Crippen LogP contribution < -0.4 is 23.5 Å². The van der Waals surface area contributed by atoms with Gasteiger partial charge in [0.15, 0.2) is 5.71 Å². The molecule has 1 heterocycles. The van der Waals surface area contributed by atoms with Crippen LogP contribution in [0.1, 0.15) is 70.1 Å². The zero-order valence-corrected chi connectivity index (χ0v) is 22.6. The van der Waals surface area contributed by atoms with E-state index >= 15 is 0 Å². The number of hydrogen-bond donors (Lipinski definition) is 0. The van der Waals surface area contributed by atoms with Crippen molar-refractivity contribution in [2.24, 2.45) is 0 Å². The highest BCUT2D eigenvalue weighted by Gasteiger charge is 2.42. The molecule has 35 heavy (non-hydrogen) atoms. The van der Waals surface area contributed by atoms with Gasteiger partial charge in [0.25, 0.3) is 0 Å². The molecule has 1 aliphatic rings. The molecule has 192 valence electrons. The van der Waals surface area contributed by atoms with Gasteiger partial charge >= 0.3 is 0 Å². The van der Waals surface area contributed by atoms with Crippen molar-refractivity contribution in [3.05, 3.63) is 65.2 Å². The first-order valence-electron chi connectivity index (χ1n) is 12.3. The minimum Gasteiger partial charge on any atom is -0.372 e. The number of nitrogens with zero attached hydrogens (tertiary/aromatic N) is 2. The van der Waals surface area contributed by atoms with Crippen molar-refractivity contribution in [2.45, 2.75) is 65.7 Å². The molecular weight excluding hydrogens is 464 g/mol. The van der Waals surface area contributed by atoms with Crippen LogP contribution in [-0.4, -0.2) is 30.4 Å². The first kappa shape index (κ1) is 29.0.